The number of carbonyl (C=O) groups is 1. The summed E-state index contributed by atoms with van der Waals surface area (Å²) in [5, 5.41) is 2.93. The summed E-state index contributed by atoms with van der Waals surface area (Å²) >= 11 is 0. The van der Waals surface area contributed by atoms with Crippen molar-refractivity contribution in [1.29, 1.82) is 0 Å². The van der Waals surface area contributed by atoms with Crippen molar-refractivity contribution < 1.29 is 9.18 Å². The van der Waals surface area contributed by atoms with Crippen LogP contribution in [0.3, 0.4) is 0 Å². The first-order chi connectivity index (χ1) is 9.92. The lowest BCUT2D eigenvalue weighted by atomic mass is 9.78. The van der Waals surface area contributed by atoms with Crippen LogP contribution in [0, 0.1) is 17.2 Å². The second-order valence-corrected chi connectivity index (χ2v) is 6.57. The zero-order valence-corrected chi connectivity index (χ0v) is 12.8. The molecule has 1 saturated carbocycles. The highest BCUT2D eigenvalue weighted by Gasteiger charge is 2.34. The summed E-state index contributed by atoms with van der Waals surface area (Å²) in [6, 6.07) is 1.14. The topological polar surface area (TPSA) is 68.0 Å². The lowest BCUT2D eigenvalue weighted by molar-refractivity contribution is 0.0922. The molecule has 0 aliphatic heterocycles. The Hall–Kier alpha value is -1.65. The zero-order chi connectivity index (χ0) is 15.5. The third-order valence-corrected chi connectivity index (χ3v) is 4.26. The Morgan fingerprint density at radius 3 is 2.76 bits per heavy atom. The van der Waals surface area contributed by atoms with E-state index in [1.165, 1.54) is 12.8 Å². The average molecular weight is 293 g/mol. The number of halogens is 1. The Morgan fingerprint density at radius 2 is 2.14 bits per heavy atom. The molecule has 116 valence electrons. The van der Waals surface area contributed by atoms with Gasteiger partial charge in [0.15, 0.2) is 0 Å². The molecule has 0 saturated heterocycles. The molecule has 21 heavy (non-hydrogen) atoms. The Bertz CT molecular complexity index is 510. The van der Waals surface area contributed by atoms with Crippen LogP contribution >= 0.6 is 0 Å². The van der Waals surface area contributed by atoms with Gasteiger partial charge in [0.1, 0.15) is 11.6 Å². The van der Waals surface area contributed by atoms with Gasteiger partial charge in [0.2, 0.25) is 0 Å². The van der Waals surface area contributed by atoms with Crippen LogP contribution in [0.2, 0.25) is 0 Å². The molecule has 0 unspecified atom stereocenters. The Morgan fingerprint density at radius 1 is 1.48 bits per heavy atom. The number of amides is 1. The quantitative estimate of drug-likeness (QED) is 0.876. The van der Waals surface area contributed by atoms with Crippen molar-refractivity contribution in [1.82, 2.24) is 10.3 Å². The smallest absolute Gasteiger partial charge is 0.255 e. The summed E-state index contributed by atoms with van der Waals surface area (Å²) in [5.41, 5.74) is 5.95. The predicted molar refractivity (Wildman–Crippen MR) is 81.3 cm³/mol. The SMILES string of the molecule is CC(C)CC1(CNC(=O)c2cc(F)cnc2N)CCCC1. The van der Waals surface area contributed by atoms with Crippen molar-refractivity contribution in [2.45, 2.75) is 46.0 Å². The first kappa shape index (κ1) is 15.7. The van der Waals surface area contributed by atoms with E-state index in [-0.39, 0.29) is 22.7 Å². The normalized spacial score (nSPS) is 17.1. The number of anilines is 1. The van der Waals surface area contributed by atoms with Gasteiger partial charge in [0, 0.05) is 6.54 Å². The minimum atomic E-state index is -0.549. The lowest BCUT2D eigenvalue weighted by Crippen LogP contribution is -2.37. The van der Waals surface area contributed by atoms with E-state index in [9.17, 15) is 9.18 Å². The summed E-state index contributed by atoms with van der Waals surface area (Å²) in [4.78, 5) is 15.9. The van der Waals surface area contributed by atoms with E-state index in [2.05, 4.69) is 24.1 Å². The molecule has 1 aromatic heterocycles. The molecule has 1 aliphatic carbocycles. The van der Waals surface area contributed by atoms with Crippen molar-refractivity contribution in [2.24, 2.45) is 11.3 Å². The number of nitrogens with two attached hydrogens (primary N) is 1. The first-order valence-corrected chi connectivity index (χ1v) is 7.61. The number of carbonyl (C=O) groups excluding carboxylic acids is 1. The zero-order valence-electron chi connectivity index (χ0n) is 12.8. The molecule has 1 aromatic rings. The van der Waals surface area contributed by atoms with Crippen LogP contribution in [0.1, 0.15) is 56.3 Å². The van der Waals surface area contributed by atoms with Crippen LogP contribution < -0.4 is 11.1 Å². The molecule has 1 heterocycles. The number of hydrogen-bond donors (Lipinski definition) is 2. The Labute approximate surface area is 125 Å². The van der Waals surface area contributed by atoms with Gasteiger partial charge in [-0.25, -0.2) is 9.37 Å². The van der Waals surface area contributed by atoms with Gasteiger partial charge >= 0.3 is 0 Å². The van der Waals surface area contributed by atoms with Crippen molar-refractivity contribution in [3.8, 4) is 0 Å². The molecule has 2 rings (SSSR count). The van der Waals surface area contributed by atoms with Crippen molar-refractivity contribution in [3.05, 3.63) is 23.6 Å². The second kappa shape index (κ2) is 6.41. The highest BCUT2D eigenvalue weighted by molar-refractivity contribution is 5.98. The molecule has 0 radical (unpaired) electrons. The molecule has 3 N–H and O–H groups in total. The second-order valence-electron chi connectivity index (χ2n) is 6.57. The number of nitrogens with zero attached hydrogens (tertiary/aromatic N) is 1. The van der Waals surface area contributed by atoms with E-state index in [0.717, 1.165) is 31.5 Å². The predicted octanol–water partition coefficient (Wildman–Crippen LogP) is 3.14. The van der Waals surface area contributed by atoms with Gasteiger partial charge in [-0.15, -0.1) is 0 Å². The van der Waals surface area contributed by atoms with E-state index in [0.29, 0.717) is 12.5 Å². The lowest BCUT2D eigenvalue weighted by Gasteiger charge is -2.31. The highest BCUT2D eigenvalue weighted by Crippen LogP contribution is 2.42. The summed E-state index contributed by atoms with van der Waals surface area (Å²) < 4.78 is 13.2. The fourth-order valence-corrected chi connectivity index (χ4v) is 3.44. The molecular formula is C16H24FN3O. The van der Waals surface area contributed by atoms with E-state index < -0.39 is 5.82 Å². The maximum absolute atomic E-state index is 13.2. The number of pyridine rings is 1. The Kier molecular flexibility index (Phi) is 4.80. The van der Waals surface area contributed by atoms with Gasteiger partial charge in [-0.1, -0.05) is 26.7 Å². The number of rotatable bonds is 5. The maximum Gasteiger partial charge on any atom is 0.255 e. The van der Waals surface area contributed by atoms with Crippen LogP contribution in [0.5, 0.6) is 0 Å². The number of nitrogen functional groups attached to an aromatic ring is 1. The van der Waals surface area contributed by atoms with Gasteiger partial charge in [0.05, 0.1) is 11.8 Å². The third-order valence-electron chi connectivity index (χ3n) is 4.26. The monoisotopic (exact) mass is 293 g/mol. The minimum absolute atomic E-state index is 0.0678. The molecule has 0 spiro atoms. The molecule has 5 heteroatoms. The first-order valence-electron chi connectivity index (χ1n) is 7.61. The Balaban J connectivity index is 2.03. The van der Waals surface area contributed by atoms with Gasteiger partial charge in [-0.2, -0.15) is 0 Å². The maximum atomic E-state index is 13.2. The molecule has 1 fully saturated rings. The van der Waals surface area contributed by atoms with Gasteiger partial charge in [-0.3, -0.25) is 4.79 Å². The minimum Gasteiger partial charge on any atom is -0.383 e. The molecular weight excluding hydrogens is 269 g/mol. The van der Waals surface area contributed by atoms with E-state index in [4.69, 9.17) is 5.73 Å². The molecule has 0 atom stereocenters. The van der Waals surface area contributed by atoms with Crippen LogP contribution in [-0.4, -0.2) is 17.4 Å². The van der Waals surface area contributed by atoms with Crippen molar-refractivity contribution in [2.75, 3.05) is 12.3 Å². The van der Waals surface area contributed by atoms with Crippen LogP contribution in [0.4, 0.5) is 10.2 Å². The van der Waals surface area contributed by atoms with Crippen LogP contribution in [0.15, 0.2) is 12.3 Å². The van der Waals surface area contributed by atoms with E-state index >= 15 is 0 Å². The number of nitrogens with one attached hydrogen (secondary N) is 1. The fourth-order valence-electron chi connectivity index (χ4n) is 3.44. The van der Waals surface area contributed by atoms with Gasteiger partial charge in [-0.05, 0) is 36.7 Å². The number of hydrogen-bond acceptors (Lipinski definition) is 3. The molecule has 0 aromatic carbocycles. The largest absolute Gasteiger partial charge is 0.383 e. The van der Waals surface area contributed by atoms with Crippen molar-refractivity contribution in [3.63, 3.8) is 0 Å². The summed E-state index contributed by atoms with van der Waals surface area (Å²) in [5.74, 6) is -0.221. The summed E-state index contributed by atoms with van der Waals surface area (Å²) in [6.45, 7) is 5.03. The molecule has 0 bridgehead atoms. The summed E-state index contributed by atoms with van der Waals surface area (Å²) in [7, 11) is 0. The molecule has 1 aliphatic rings. The van der Waals surface area contributed by atoms with E-state index in [1.807, 2.05) is 0 Å². The standard InChI is InChI=1S/C16H24FN3O/c1-11(2)8-16(5-3-4-6-16)10-20-15(21)13-7-12(17)9-19-14(13)18/h7,9,11H,3-6,8,10H2,1-2H3,(H2,18,19)(H,20,21). The van der Waals surface area contributed by atoms with Gasteiger partial charge in [0.25, 0.3) is 5.91 Å². The average Bonchev–Trinajstić information content (AvgIpc) is 2.87. The van der Waals surface area contributed by atoms with Crippen LogP contribution in [-0.2, 0) is 0 Å². The third kappa shape index (κ3) is 3.93. The van der Waals surface area contributed by atoms with Crippen LogP contribution in [0.25, 0.3) is 0 Å². The summed E-state index contributed by atoms with van der Waals surface area (Å²) in [6.07, 6.45) is 6.83. The highest BCUT2D eigenvalue weighted by atomic mass is 19.1. The van der Waals surface area contributed by atoms with Gasteiger partial charge < -0.3 is 11.1 Å². The molecule has 1 amide bonds. The fraction of sp³-hybridized carbons (Fsp3) is 0.625. The van der Waals surface area contributed by atoms with E-state index in [1.54, 1.807) is 0 Å². The number of aromatic nitrogens is 1. The molecule has 4 nitrogen and oxygen atoms in total. The van der Waals surface area contributed by atoms with Crippen molar-refractivity contribution >= 4 is 11.7 Å².